The first-order chi connectivity index (χ1) is 11.4. The molecule has 2 aromatic rings. The fourth-order valence-corrected chi connectivity index (χ4v) is 2.88. The van der Waals surface area contributed by atoms with E-state index in [9.17, 15) is 18.9 Å². The lowest BCUT2D eigenvalue weighted by Gasteiger charge is -2.35. The first-order valence-electron chi connectivity index (χ1n) is 7.73. The molecule has 0 unspecified atom stereocenters. The zero-order valence-corrected chi connectivity index (χ0v) is 15.8. The van der Waals surface area contributed by atoms with Gasteiger partial charge < -0.3 is 8.99 Å². The molecule has 0 atom stereocenters. The summed E-state index contributed by atoms with van der Waals surface area (Å²) in [5, 5.41) is 10.7. The Bertz CT molecular complexity index is 777. The zero-order valence-electron chi connectivity index (χ0n) is 14.8. The van der Waals surface area contributed by atoms with E-state index in [1.54, 1.807) is 0 Å². The highest BCUT2D eigenvalue weighted by atomic mass is 28.4. The number of halogens is 2. The van der Waals surface area contributed by atoms with Crippen molar-refractivity contribution in [2.45, 2.75) is 45.5 Å². The fourth-order valence-electron chi connectivity index (χ4n) is 1.94. The Kier molecular flexibility index (Phi) is 5.10. The summed E-state index contributed by atoms with van der Waals surface area (Å²) in [5.74, 6) is -2.05. The number of imidazole rings is 1. The molecule has 2 rings (SSSR count). The largest absolute Gasteiger partial charge is 0.411 e. The van der Waals surface area contributed by atoms with E-state index in [1.165, 1.54) is 17.1 Å². The quantitative estimate of drug-likeness (QED) is 0.439. The third-order valence-electron chi connectivity index (χ3n) is 4.49. The van der Waals surface area contributed by atoms with Crippen LogP contribution in [0, 0.1) is 21.7 Å². The second kappa shape index (κ2) is 6.64. The van der Waals surface area contributed by atoms with Gasteiger partial charge in [0.2, 0.25) is 0 Å². The van der Waals surface area contributed by atoms with E-state index >= 15 is 0 Å². The second-order valence-corrected chi connectivity index (χ2v) is 12.1. The van der Waals surface area contributed by atoms with E-state index in [4.69, 9.17) is 4.43 Å². The Hall–Kier alpha value is -2.13. The van der Waals surface area contributed by atoms with Gasteiger partial charge in [0.15, 0.2) is 20.0 Å². The summed E-state index contributed by atoms with van der Waals surface area (Å²) in [7, 11) is -1.97. The van der Waals surface area contributed by atoms with Crippen molar-refractivity contribution in [3.63, 3.8) is 0 Å². The molecule has 25 heavy (non-hydrogen) atoms. The van der Waals surface area contributed by atoms with Gasteiger partial charge in [-0.3, -0.25) is 10.1 Å². The van der Waals surface area contributed by atoms with E-state index in [0.29, 0.717) is 17.8 Å². The smallest absolute Gasteiger partial charge is 0.275 e. The Morgan fingerprint density at radius 3 is 2.32 bits per heavy atom. The first-order valence-corrected chi connectivity index (χ1v) is 10.6. The van der Waals surface area contributed by atoms with Crippen LogP contribution in [0.25, 0.3) is 5.69 Å². The first kappa shape index (κ1) is 19.2. The van der Waals surface area contributed by atoms with Gasteiger partial charge in [0.05, 0.1) is 35.7 Å². The average Bonchev–Trinajstić information content (AvgIpc) is 2.91. The Balaban J connectivity index is 2.24. The van der Waals surface area contributed by atoms with Crippen molar-refractivity contribution < 1.29 is 18.1 Å². The highest BCUT2D eigenvalue weighted by Crippen LogP contribution is 2.37. The fraction of sp³-hybridized carbons (Fsp3) is 0.438. The Morgan fingerprint density at radius 1 is 1.28 bits per heavy atom. The highest BCUT2D eigenvalue weighted by Gasteiger charge is 2.37. The molecule has 9 heteroatoms. The van der Waals surface area contributed by atoms with Crippen LogP contribution in [0.2, 0.25) is 18.1 Å². The molecule has 0 spiro atoms. The maximum Gasteiger partial charge on any atom is 0.275 e. The molecule has 6 nitrogen and oxygen atoms in total. The van der Waals surface area contributed by atoms with E-state index < -0.39 is 36.2 Å². The summed E-state index contributed by atoms with van der Waals surface area (Å²) < 4.78 is 35.4. The van der Waals surface area contributed by atoms with E-state index in [2.05, 4.69) is 38.8 Å². The summed E-state index contributed by atoms with van der Waals surface area (Å²) in [6.45, 7) is 10.8. The maximum atomic E-state index is 14.1. The molecule has 1 heterocycles. The predicted molar refractivity (Wildman–Crippen MR) is 92.1 cm³/mol. The van der Waals surface area contributed by atoms with Gasteiger partial charge in [-0.1, -0.05) is 20.8 Å². The minimum Gasteiger partial charge on any atom is -0.411 e. The molecule has 0 saturated heterocycles. The number of nitro groups is 1. The van der Waals surface area contributed by atoms with Gasteiger partial charge in [-0.2, -0.15) is 0 Å². The van der Waals surface area contributed by atoms with Crippen molar-refractivity contribution in [3.05, 3.63) is 52.1 Å². The Morgan fingerprint density at radius 2 is 1.84 bits per heavy atom. The van der Waals surface area contributed by atoms with E-state index in [0.717, 1.165) is 0 Å². The van der Waals surface area contributed by atoms with Crippen molar-refractivity contribution in [1.82, 2.24) is 9.55 Å². The Labute approximate surface area is 145 Å². The van der Waals surface area contributed by atoms with Crippen LogP contribution >= 0.6 is 0 Å². The SMILES string of the molecule is CC(C)(C)[Si](C)(C)OCc1cn(-c2c(F)cc([N+](=O)[O-])cc2F)cn1. The van der Waals surface area contributed by atoms with Crippen LogP contribution in [-0.4, -0.2) is 22.8 Å². The lowest BCUT2D eigenvalue weighted by Crippen LogP contribution is -2.40. The molecule has 0 saturated carbocycles. The minimum atomic E-state index is -1.97. The lowest BCUT2D eigenvalue weighted by atomic mass is 10.2. The molecule has 0 aliphatic heterocycles. The monoisotopic (exact) mass is 369 g/mol. The topological polar surface area (TPSA) is 70.2 Å². The number of non-ortho nitro benzene ring substituents is 1. The van der Waals surface area contributed by atoms with Crippen LogP contribution in [0.15, 0.2) is 24.7 Å². The number of hydrogen-bond acceptors (Lipinski definition) is 4. The lowest BCUT2D eigenvalue weighted by molar-refractivity contribution is -0.385. The number of aromatic nitrogens is 2. The predicted octanol–water partition coefficient (Wildman–Crippen LogP) is 4.58. The van der Waals surface area contributed by atoms with Crippen LogP contribution in [0.4, 0.5) is 14.5 Å². The highest BCUT2D eigenvalue weighted by molar-refractivity contribution is 6.74. The van der Waals surface area contributed by atoms with Gasteiger partial charge in [0, 0.05) is 6.20 Å². The van der Waals surface area contributed by atoms with Gasteiger partial charge in [-0.25, -0.2) is 13.8 Å². The molecule has 1 aromatic heterocycles. The summed E-state index contributed by atoms with van der Waals surface area (Å²) in [5.41, 5.74) is -0.515. The van der Waals surface area contributed by atoms with Crippen LogP contribution in [0.3, 0.4) is 0 Å². The molecule has 0 radical (unpaired) electrons. The third-order valence-corrected chi connectivity index (χ3v) is 8.97. The van der Waals surface area contributed by atoms with Gasteiger partial charge in [-0.15, -0.1) is 0 Å². The number of rotatable bonds is 5. The van der Waals surface area contributed by atoms with Crippen LogP contribution in [-0.2, 0) is 11.0 Å². The summed E-state index contributed by atoms with van der Waals surface area (Å²) in [6.07, 6.45) is 2.72. The van der Waals surface area contributed by atoms with Crippen molar-refractivity contribution >= 4 is 14.0 Å². The van der Waals surface area contributed by atoms with Crippen LogP contribution in [0.5, 0.6) is 0 Å². The summed E-state index contributed by atoms with van der Waals surface area (Å²) in [6, 6.07) is 1.37. The molecule has 0 bridgehead atoms. The number of nitrogens with zero attached hydrogens (tertiary/aromatic N) is 3. The standard InChI is InChI=1S/C16H21F2N3O3Si/c1-16(2,3)25(4,5)24-9-11-8-20(10-19-11)15-13(17)6-12(21(22)23)7-14(15)18/h6-8,10H,9H2,1-5H3. The molecule has 0 amide bonds. The molecule has 0 fully saturated rings. The van der Waals surface area contributed by atoms with Crippen molar-refractivity contribution in [2.24, 2.45) is 0 Å². The molecule has 0 aliphatic rings. The van der Waals surface area contributed by atoms with Crippen molar-refractivity contribution in [2.75, 3.05) is 0 Å². The number of benzene rings is 1. The van der Waals surface area contributed by atoms with E-state index in [1.807, 2.05) is 0 Å². The van der Waals surface area contributed by atoms with Gasteiger partial charge in [0.1, 0.15) is 5.69 Å². The summed E-state index contributed by atoms with van der Waals surface area (Å²) in [4.78, 5) is 13.9. The van der Waals surface area contributed by atoms with E-state index in [-0.39, 0.29) is 11.6 Å². The molecular formula is C16H21F2N3O3Si. The third kappa shape index (κ3) is 4.10. The van der Waals surface area contributed by atoms with Crippen LogP contribution < -0.4 is 0 Å². The maximum absolute atomic E-state index is 14.1. The summed E-state index contributed by atoms with van der Waals surface area (Å²) >= 11 is 0. The normalized spacial score (nSPS) is 12.4. The van der Waals surface area contributed by atoms with Crippen molar-refractivity contribution in [3.8, 4) is 5.69 Å². The molecule has 0 aliphatic carbocycles. The molecule has 0 N–H and O–H groups in total. The van der Waals surface area contributed by atoms with Crippen molar-refractivity contribution in [1.29, 1.82) is 0 Å². The second-order valence-electron chi connectivity index (χ2n) is 7.34. The molecular weight excluding hydrogens is 348 g/mol. The molecule has 136 valence electrons. The zero-order chi connectivity index (χ0) is 19.0. The van der Waals surface area contributed by atoms with Crippen LogP contribution in [0.1, 0.15) is 26.5 Å². The number of nitro benzene ring substituents is 1. The van der Waals surface area contributed by atoms with Gasteiger partial charge >= 0.3 is 0 Å². The molecule has 1 aromatic carbocycles. The number of hydrogen-bond donors (Lipinski definition) is 0. The minimum absolute atomic E-state index is 0.0339. The van der Waals surface area contributed by atoms with Gasteiger partial charge in [0.25, 0.3) is 5.69 Å². The average molecular weight is 369 g/mol. The van der Waals surface area contributed by atoms with Gasteiger partial charge in [-0.05, 0) is 18.1 Å².